The third-order valence-electron chi connectivity index (χ3n) is 2.31. The lowest BCUT2D eigenvalue weighted by atomic mass is 10.2. The number of rotatable bonds is 5. The van der Waals surface area contributed by atoms with Gasteiger partial charge in [0.05, 0.1) is 16.3 Å². The Bertz CT molecular complexity index is 690. The molecule has 0 unspecified atom stereocenters. The van der Waals surface area contributed by atoms with E-state index < -0.39 is 5.97 Å². The number of aryl methyl sites for hydroxylation is 1. The van der Waals surface area contributed by atoms with Crippen molar-refractivity contribution >= 4 is 52.3 Å². The molecule has 2 aromatic rings. The van der Waals surface area contributed by atoms with E-state index in [1.165, 1.54) is 35.2 Å². The standard InChI is InChI=1S/C12H10ClN3O3S2/c1-6-15-16-12(21-6)20-5-10(17)14-7-2-3-9(13)8(4-7)11(18)19/h2-4H,5H2,1H3,(H,14,17)(H,18,19). The molecule has 0 fully saturated rings. The Hall–Kier alpha value is -1.64. The summed E-state index contributed by atoms with van der Waals surface area (Å²) < 4.78 is 0.713. The second-order valence-electron chi connectivity index (χ2n) is 3.92. The first-order valence-electron chi connectivity index (χ1n) is 5.71. The van der Waals surface area contributed by atoms with Gasteiger partial charge in [-0.15, -0.1) is 10.2 Å². The van der Waals surface area contributed by atoms with Gasteiger partial charge in [-0.25, -0.2) is 4.79 Å². The summed E-state index contributed by atoms with van der Waals surface area (Å²) in [5.74, 6) is -1.24. The van der Waals surface area contributed by atoms with Crippen LogP contribution in [0.15, 0.2) is 22.5 Å². The highest BCUT2D eigenvalue weighted by molar-refractivity contribution is 8.01. The summed E-state index contributed by atoms with van der Waals surface area (Å²) in [6, 6.07) is 4.30. The van der Waals surface area contributed by atoms with E-state index in [9.17, 15) is 9.59 Å². The first-order valence-corrected chi connectivity index (χ1v) is 7.89. The molecular weight excluding hydrogens is 334 g/mol. The minimum atomic E-state index is -1.14. The number of carbonyl (C=O) groups is 2. The molecule has 0 bridgehead atoms. The third kappa shape index (κ3) is 4.42. The minimum Gasteiger partial charge on any atom is -0.478 e. The molecule has 9 heteroatoms. The number of carboxylic acids is 1. The molecule has 6 nitrogen and oxygen atoms in total. The molecule has 0 atom stereocenters. The van der Waals surface area contributed by atoms with Crippen LogP contribution in [-0.2, 0) is 4.79 Å². The van der Waals surface area contributed by atoms with E-state index in [1.807, 2.05) is 6.92 Å². The van der Waals surface area contributed by atoms with Crippen molar-refractivity contribution in [1.82, 2.24) is 10.2 Å². The predicted octanol–water partition coefficient (Wildman–Crippen LogP) is 2.93. The SMILES string of the molecule is Cc1nnc(SCC(=O)Nc2ccc(Cl)c(C(=O)O)c2)s1. The lowest BCUT2D eigenvalue weighted by Gasteiger charge is -2.06. The normalized spacial score (nSPS) is 10.4. The molecular formula is C12H10ClN3O3S2. The number of thioether (sulfide) groups is 1. The fraction of sp³-hybridized carbons (Fsp3) is 0.167. The van der Waals surface area contributed by atoms with Crippen molar-refractivity contribution in [1.29, 1.82) is 0 Å². The van der Waals surface area contributed by atoms with E-state index in [0.29, 0.717) is 10.0 Å². The molecule has 1 aromatic heterocycles. The molecule has 1 amide bonds. The number of carbonyl (C=O) groups excluding carboxylic acids is 1. The quantitative estimate of drug-likeness (QED) is 0.811. The van der Waals surface area contributed by atoms with E-state index >= 15 is 0 Å². The molecule has 1 aromatic carbocycles. The molecule has 0 spiro atoms. The zero-order chi connectivity index (χ0) is 15.4. The van der Waals surface area contributed by atoms with Gasteiger partial charge in [-0.3, -0.25) is 4.79 Å². The zero-order valence-electron chi connectivity index (χ0n) is 10.8. The van der Waals surface area contributed by atoms with Gasteiger partial charge in [0.25, 0.3) is 0 Å². The number of nitrogens with one attached hydrogen (secondary N) is 1. The summed E-state index contributed by atoms with van der Waals surface area (Å²) in [5, 5.41) is 20.3. The Kier molecular flexibility index (Phi) is 5.16. The summed E-state index contributed by atoms with van der Waals surface area (Å²) in [6.07, 6.45) is 0. The van der Waals surface area contributed by atoms with Gasteiger partial charge in [-0.1, -0.05) is 34.7 Å². The van der Waals surface area contributed by atoms with Crippen molar-refractivity contribution in [2.24, 2.45) is 0 Å². The molecule has 0 aliphatic heterocycles. The van der Waals surface area contributed by atoms with Gasteiger partial charge >= 0.3 is 5.97 Å². The number of halogens is 1. The molecule has 0 aliphatic rings. The zero-order valence-corrected chi connectivity index (χ0v) is 13.2. The van der Waals surface area contributed by atoms with Crippen LogP contribution in [0.1, 0.15) is 15.4 Å². The van der Waals surface area contributed by atoms with Crippen LogP contribution in [0, 0.1) is 6.92 Å². The van der Waals surface area contributed by atoms with Crippen LogP contribution >= 0.6 is 34.7 Å². The Morgan fingerprint density at radius 2 is 2.19 bits per heavy atom. The van der Waals surface area contributed by atoms with Gasteiger partial charge in [0.1, 0.15) is 5.01 Å². The molecule has 2 N–H and O–H groups in total. The molecule has 21 heavy (non-hydrogen) atoms. The van der Waals surface area contributed by atoms with Crippen LogP contribution in [0.2, 0.25) is 5.02 Å². The third-order valence-corrected chi connectivity index (χ3v) is 4.62. The van der Waals surface area contributed by atoms with Crippen LogP contribution < -0.4 is 5.32 Å². The van der Waals surface area contributed by atoms with Crippen molar-refractivity contribution in [3.63, 3.8) is 0 Å². The van der Waals surface area contributed by atoms with Gasteiger partial charge in [0.15, 0.2) is 4.34 Å². The summed E-state index contributed by atoms with van der Waals surface area (Å²) in [6.45, 7) is 1.84. The largest absolute Gasteiger partial charge is 0.478 e. The highest BCUT2D eigenvalue weighted by Crippen LogP contribution is 2.23. The van der Waals surface area contributed by atoms with Gasteiger partial charge in [0, 0.05) is 5.69 Å². The van der Waals surface area contributed by atoms with Gasteiger partial charge in [-0.2, -0.15) is 0 Å². The number of amides is 1. The van der Waals surface area contributed by atoms with Gasteiger partial charge in [-0.05, 0) is 25.1 Å². The number of aromatic nitrogens is 2. The summed E-state index contributed by atoms with van der Waals surface area (Å²) >= 11 is 8.44. The number of carboxylic acid groups (broad SMARTS) is 1. The molecule has 0 saturated carbocycles. The van der Waals surface area contributed by atoms with E-state index in [1.54, 1.807) is 6.07 Å². The fourth-order valence-corrected chi connectivity index (χ4v) is 3.24. The number of benzene rings is 1. The maximum atomic E-state index is 11.8. The number of anilines is 1. The molecule has 1 heterocycles. The molecule has 2 rings (SSSR count). The molecule has 0 aliphatic carbocycles. The average Bonchev–Trinajstić information content (AvgIpc) is 2.84. The van der Waals surface area contributed by atoms with Crippen LogP contribution in [0.3, 0.4) is 0 Å². The van der Waals surface area contributed by atoms with E-state index in [0.717, 1.165) is 5.01 Å². The second kappa shape index (κ2) is 6.88. The van der Waals surface area contributed by atoms with Crippen LogP contribution in [-0.4, -0.2) is 32.9 Å². The Morgan fingerprint density at radius 3 is 2.81 bits per heavy atom. The number of hydrogen-bond donors (Lipinski definition) is 2. The topological polar surface area (TPSA) is 92.2 Å². The lowest BCUT2D eigenvalue weighted by Crippen LogP contribution is -2.14. The Labute approximate surface area is 133 Å². The molecule has 110 valence electrons. The summed E-state index contributed by atoms with van der Waals surface area (Å²) in [5.41, 5.74) is 0.331. The first-order chi connectivity index (χ1) is 9.95. The van der Waals surface area contributed by atoms with Crippen molar-refractivity contribution < 1.29 is 14.7 Å². The second-order valence-corrected chi connectivity index (χ2v) is 6.73. The van der Waals surface area contributed by atoms with E-state index in [-0.39, 0.29) is 22.2 Å². The van der Waals surface area contributed by atoms with Crippen molar-refractivity contribution in [3.05, 3.63) is 33.8 Å². The molecule has 0 radical (unpaired) electrons. The van der Waals surface area contributed by atoms with Crippen molar-refractivity contribution in [3.8, 4) is 0 Å². The number of hydrogen-bond acceptors (Lipinski definition) is 6. The number of nitrogens with zero attached hydrogens (tertiary/aromatic N) is 2. The highest BCUT2D eigenvalue weighted by Gasteiger charge is 2.11. The van der Waals surface area contributed by atoms with Crippen molar-refractivity contribution in [2.45, 2.75) is 11.3 Å². The summed E-state index contributed by atoms with van der Waals surface area (Å²) in [7, 11) is 0. The Balaban J connectivity index is 1.96. The van der Waals surface area contributed by atoms with Crippen LogP contribution in [0.25, 0.3) is 0 Å². The Morgan fingerprint density at radius 1 is 1.43 bits per heavy atom. The monoisotopic (exact) mass is 343 g/mol. The van der Waals surface area contributed by atoms with E-state index in [2.05, 4.69) is 15.5 Å². The molecule has 0 saturated heterocycles. The average molecular weight is 344 g/mol. The lowest BCUT2D eigenvalue weighted by molar-refractivity contribution is -0.113. The first kappa shape index (κ1) is 15.7. The van der Waals surface area contributed by atoms with Crippen LogP contribution in [0.4, 0.5) is 5.69 Å². The highest BCUT2D eigenvalue weighted by atomic mass is 35.5. The number of aromatic carboxylic acids is 1. The fourth-order valence-electron chi connectivity index (χ4n) is 1.43. The van der Waals surface area contributed by atoms with Gasteiger partial charge < -0.3 is 10.4 Å². The smallest absolute Gasteiger partial charge is 0.337 e. The predicted molar refractivity (Wildman–Crippen MR) is 82.4 cm³/mol. The van der Waals surface area contributed by atoms with Crippen molar-refractivity contribution in [2.75, 3.05) is 11.1 Å². The summed E-state index contributed by atoms with van der Waals surface area (Å²) in [4.78, 5) is 22.8. The van der Waals surface area contributed by atoms with E-state index in [4.69, 9.17) is 16.7 Å². The minimum absolute atomic E-state index is 0.0538. The van der Waals surface area contributed by atoms with Gasteiger partial charge in [0.2, 0.25) is 5.91 Å². The van der Waals surface area contributed by atoms with Crippen LogP contribution in [0.5, 0.6) is 0 Å². The maximum Gasteiger partial charge on any atom is 0.337 e. The maximum absolute atomic E-state index is 11.8.